The van der Waals surface area contributed by atoms with Crippen molar-refractivity contribution in [3.8, 4) is 0 Å². The van der Waals surface area contributed by atoms with Gasteiger partial charge in [-0.05, 0) is 42.3 Å². The van der Waals surface area contributed by atoms with Crippen molar-refractivity contribution in [1.29, 1.82) is 0 Å². The quantitative estimate of drug-likeness (QED) is 0.701. The Labute approximate surface area is 196 Å². The lowest BCUT2D eigenvalue weighted by atomic mass is 10.0. The largest absolute Gasteiger partial charge is 0.367 e. The fourth-order valence-electron chi connectivity index (χ4n) is 5.36. The van der Waals surface area contributed by atoms with Crippen LogP contribution in [0, 0.1) is 0 Å². The Morgan fingerprint density at radius 1 is 0.853 bits per heavy atom. The van der Waals surface area contributed by atoms with Gasteiger partial charge in [-0.15, -0.1) is 0 Å². The molecule has 0 radical (unpaired) electrons. The maximum Gasteiger partial charge on any atom is 0.324 e. The fourth-order valence-corrected chi connectivity index (χ4v) is 5.36. The molecule has 2 aromatic rings. The van der Waals surface area contributed by atoms with Crippen LogP contribution >= 0.6 is 0 Å². The van der Waals surface area contributed by atoms with Gasteiger partial charge in [0.1, 0.15) is 6.04 Å². The molecule has 4 aliphatic rings. The number of fused-ring (bicyclic) bond motifs is 1. The first-order valence-corrected chi connectivity index (χ1v) is 11.7. The highest BCUT2D eigenvalue weighted by Gasteiger charge is 2.42. The third-order valence-electron chi connectivity index (χ3n) is 7.28. The van der Waals surface area contributed by atoms with Gasteiger partial charge in [-0.25, -0.2) is 4.79 Å². The molecule has 0 aromatic heterocycles. The standard InChI is InChI=1S/C25H25N5O4/c31-22-9-8-21(23(32)26-22)30-13-16-12-18(6-7-20(16)24(30)33)28-10-11-29(25(28)34)19-14-27(15-19)17-4-2-1-3-5-17/h1-7,12,19,21H,8-11,13-15H2,(H,26,31,32). The minimum atomic E-state index is -0.642. The van der Waals surface area contributed by atoms with Crippen LogP contribution in [0.3, 0.4) is 0 Å². The number of piperidine rings is 1. The molecule has 1 unspecified atom stereocenters. The second kappa shape index (κ2) is 7.86. The number of nitrogens with one attached hydrogen (secondary N) is 1. The summed E-state index contributed by atoms with van der Waals surface area (Å²) < 4.78 is 0. The van der Waals surface area contributed by atoms with Crippen LogP contribution in [-0.4, -0.2) is 71.8 Å². The fraction of sp³-hybridized carbons (Fsp3) is 0.360. The zero-order valence-corrected chi connectivity index (χ0v) is 18.6. The van der Waals surface area contributed by atoms with Crippen molar-refractivity contribution in [2.24, 2.45) is 0 Å². The molecule has 0 bridgehead atoms. The van der Waals surface area contributed by atoms with Crippen molar-refractivity contribution in [2.75, 3.05) is 36.0 Å². The average molecular weight is 460 g/mol. The first kappa shape index (κ1) is 20.7. The summed E-state index contributed by atoms with van der Waals surface area (Å²) >= 11 is 0. The molecule has 1 N–H and O–H groups in total. The van der Waals surface area contributed by atoms with Gasteiger partial charge in [0.25, 0.3) is 5.91 Å². The monoisotopic (exact) mass is 459 g/mol. The number of nitrogens with zero attached hydrogens (tertiary/aromatic N) is 4. The van der Waals surface area contributed by atoms with E-state index in [4.69, 9.17) is 0 Å². The number of benzene rings is 2. The lowest BCUT2D eigenvalue weighted by Crippen LogP contribution is -2.60. The highest BCUT2D eigenvalue weighted by molar-refractivity contribution is 6.06. The minimum Gasteiger partial charge on any atom is -0.367 e. The van der Waals surface area contributed by atoms with Crippen LogP contribution in [0.2, 0.25) is 0 Å². The molecular formula is C25H25N5O4. The summed E-state index contributed by atoms with van der Waals surface area (Å²) in [5, 5.41) is 2.32. The molecular weight excluding hydrogens is 434 g/mol. The first-order valence-electron chi connectivity index (χ1n) is 11.7. The van der Waals surface area contributed by atoms with Crippen molar-refractivity contribution in [3.05, 3.63) is 59.7 Å². The third-order valence-corrected chi connectivity index (χ3v) is 7.28. The predicted octanol–water partition coefficient (Wildman–Crippen LogP) is 1.58. The summed E-state index contributed by atoms with van der Waals surface area (Å²) in [5.74, 6) is -0.933. The Hall–Kier alpha value is -3.88. The molecule has 4 aliphatic heterocycles. The molecule has 174 valence electrons. The summed E-state index contributed by atoms with van der Waals surface area (Å²) in [6.07, 6.45) is 0.557. The Bertz CT molecular complexity index is 1190. The summed E-state index contributed by atoms with van der Waals surface area (Å²) in [5.41, 5.74) is 3.29. The maximum atomic E-state index is 13.2. The summed E-state index contributed by atoms with van der Waals surface area (Å²) in [6.45, 7) is 3.22. The number of carbonyl (C=O) groups excluding carboxylic acids is 4. The second-order valence-electron chi connectivity index (χ2n) is 9.26. The normalized spacial score (nSPS) is 22.9. The summed E-state index contributed by atoms with van der Waals surface area (Å²) in [4.78, 5) is 57.4. The van der Waals surface area contributed by atoms with E-state index in [-0.39, 0.29) is 30.3 Å². The Morgan fingerprint density at radius 3 is 2.41 bits per heavy atom. The Balaban J connectivity index is 1.13. The van der Waals surface area contributed by atoms with Gasteiger partial charge in [0, 0.05) is 56.1 Å². The lowest BCUT2D eigenvalue weighted by Gasteiger charge is -2.45. The van der Waals surface area contributed by atoms with Crippen LogP contribution < -0.4 is 15.1 Å². The molecule has 6 rings (SSSR count). The number of rotatable bonds is 4. The number of hydrogen-bond donors (Lipinski definition) is 1. The summed E-state index contributed by atoms with van der Waals surface area (Å²) in [7, 11) is 0. The van der Waals surface area contributed by atoms with Crippen LogP contribution in [0.25, 0.3) is 0 Å². The van der Waals surface area contributed by atoms with Gasteiger partial charge in [0.05, 0.1) is 6.04 Å². The van der Waals surface area contributed by atoms with E-state index in [2.05, 4.69) is 22.3 Å². The lowest BCUT2D eigenvalue weighted by molar-refractivity contribution is -0.136. The molecule has 0 saturated carbocycles. The molecule has 5 amide bonds. The number of carbonyl (C=O) groups is 4. The Morgan fingerprint density at radius 2 is 1.65 bits per heavy atom. The van der Waals surface area contributed by atoms with E-state index in [1.165, 1.54) is 10.6 Å². The molecule has 34 heavy (non-hydrogen) atoms. The van der Waals surface area contributed by atoms with E-state index >= 15 is 0 Å². The van der Waals surface area contributed by atoms with Gasteiger partial charge in [0.2, 0.25) is 11.8 Å². The van der Waals surface area contributed by atoms with Gasteiger partial charge in [-0.2, -0.15) is 0 Å². The van der Waals surface area contributed by atoms with E-state index in [1.54, 1.807) is 11.0 Å². The topological polar surface area (TPSA) is 93.3 Å². The number of para-hydroxylation sites is 1. The average Bonchev–Trinajstić information content (AvgIpc) is 3.33. The first-order chi connectivity index (χ1) is 16.5. The SMILES string of the molecule is O=C1CCC(N2Cc3cc(N4CCN(C5CN(c6ccccc6)C5)C4=O)ccc3C2=O)C(=O)N1. The van der Waals surface area contributed by atoms with Gasteiger partial charge < -0.3 is 14.7 Å². The highest BCUT2D eigenvalue weighted by Crippen LogP contribution is 2.33. The molecule has 1 atom stereocenters. The highest BCUT2D eigenvalue weighted by atomic mass is 16.2. The zero-order chi connectivity index (χ0) is 23.4. The van der Waals surface area contributed by atoms with Crippen molar-refractivity contribution >= 4 is 35.1 Å². The third kappa shape index (κ3) is 3.30. The van der Waals surface area contributed by atoms with Crippen molar-refractivity contribution in [1.82, 2.24) is 15.1 Å². The van der Waals surface area contributed by atoms with E-state index in [0.717, 1.165) is 24.3 Å². The second-order valence-corrected chi connectivity index (χ2v) is 9.26. The van der Waals surface area contributed by atoms with Crippen LogP contribution in [0.4, 0.5) is 16.2 Å². The maximum absolute atomic E-state index is 13.2. The molecule has 3 saturated heterocycles. The Kier molecular flexibility index (Phi) is 4.79. The molecule has 0 spiro atoms. The number of imide groups is 1. The zero-order valence-electron chi connectivity index (χ0n) is 18.6. The van der Waals surface area contributed by atoms with Gasteiger partial charge in [-0.3, -0.25) is 24.6 Å². The minimum absolute atomic E-state index is 0.0102. The van der Waals surface area contributed by atoms with Crippen LogP contribution in [0.5, 0.6) is 0 Å². The van der Waals surface area contributed by atoms with E-state index in [0.29, 0.717) is 31.6 Å². The number of amides is 5. The van der Waals surface area contributed by atoms with Crippen molar-refractivity contribution in [3.63, 3.8) is 0 Å². The van der Waals surface area contributed by atoms with Crippen molar-refractivity contribution in [2.45, 2.75) is 31.5 Å². The molecule has 9 heteroatoms. The van der Waals surface area contributed by atoms with Crippen LogP contribution in [0.1, 0.15) is 28.8 Å². The van der Waals surface area contributed by atoms with E-state index < -0.39 is 11.9 Å². The molecule has 2 aromatic carbocycles. The van der Waals surface area contributed by atoms with Crippen molar-refractivity contribution < 1.29 is 19.2 Å². The number of anilines is 2. The van der Waals surface area contributed by atoms with Gasteiger partial charge in [0.15, 0.2) is 0 Å². The van der Waals surface area contributed by atoms with Gasteiger partial charge in [-0.1, -0.05) is 18.2 Å². The number of hydrogen-bond acceptors (Lipinski definition) is 5. The van der Waals surface area contributed by atoms with Crippen LogP contribution in [0.15, 0.2) is 48.5 Å². The number of urea groups is 1. The van der Waals surface area contributed by atoms with Gasteiger partial charge >= 0.3 is 6.03 Å². The molecule has 3 fully saturated rings. The smallest absolute Gasteiger partial charge is 0.324 e. The van der Waals surface area contributed by atoms with E-state index in [9.17, 15) is 19.2 Å². The molecule has 4 heterocycles. The van der Waals surface area contributed by atoms with Crippen LogP contribution in [-0.2, 0) is 16.1 Å². The van der Waals surface area contributed by atoms with E-state index in [1.807, 2.05) is 35.2 Å². The molecule has 9 nitrogen and oxygen atoms in total. The summed E-state index contributed by atoms with van der Waals surface area (Å²) in [6, 6.07) is 15.2. The predicted molar refractivity (Wildman–Crippen MR) is 124 cm³/mol. The molecule has 0 aliphatic carbocycles.